The molecule has 2 aliphatic heterocycles. The van der Waals surface area contributed by atoms with Crippen molar-refractivity contribution in [2.45, 2.75) is 63.8 Å². The van der Waals surface area contributed by atoms with E-state index in [0.717, 1.165) is 25.3 Å². The molecule has 1 saturated carbocycles. The number of nitrogens with zero attached hydrogens (tertiary/aromatic N) is 2. The summed E-state index contributed by atoms with van der Waals surface area (Å²) in [5.41, 5.74) is 2.96. The number of carbonyl (C=O) groups is 3. The predicted molar refractivity (Wildman–Crippen MR) is 106 cm³/mol. The number of piperidine rings is 1. The number of carbonyl (C=O) groups excluding carboxylic acids is 3. The lowest BCUT2D eigenvalue weighted by molar-refractivity contribution is -0.172. The average Bonchev–Trinajstić information content (AvgIpc) is 3.47. The van der Waals surface area contributed by atoms with Crippen molar-refractivity contribution < 1.29 is 19.2 Å². The van der Waals surface area contributed by atoms with Gasteiger partial charge in [0.05, 0.1) is 5.56 Å². The molecule has 0 aromatic heterocycles. The molecule has 2 amide bonds. The summed E-state index contributed by atoms with van der Waals surface area (Å²) in [6.07, 6.45) is 5.04. The minimum atomic E-state index is -0.638. The van der Waals surface area contributed by atoms with Crippen molar-refractivity contribution in [1.82, 2.24) is 9.96 Å². The van der Waals surface area contributed by atoms with Gasteiger partial charge in [-0.1, -0.05) is 19.9 Å². The van der Waals surface area contributed by atoms with E-state index in [1.165, 1.54) is 30.5 Å². The highest BCUT2D eigenvalue weighted by Gasteiger charge is 2.49. The molecule has 0 N–H and O–H groups in total. The lowest BCUT2D eigenvalue weighted by Gasteiger charge is -2.55. The highest BCUT2D eigenvalue weighted by atomic mass is 16.7. The molecule has 0 radical (unpaired) electrons. The number of likely N-dealkylation sites (tertiary alicyclic amines) is 1. The number of fused-ring (bicyclic) bond motifs is 4. The van der Waals surface area contributed by atoms with Crippen molar-refractivity contribution >= 4 is 17.8 Å². The van der Waals surface area contributed by atoms with Gasteiger partial charge in [-0.25, -0.2) is 4.79 Å². The Balaban J connectivity index is 1.40. The Hall–Kier alpha value is -2.21. The van der Waals surface area contributed by atoms with Crippen LogP contribution >= 0.6 is 0 Å². The van der Waals surface area contributed by atoms with Gasteiger partial charge in [-0.05, 0) is 72.7 Å². The van der Waals surface area contributed by atoms with E-state index in [2.05, 4.69) is 18.7 Å². The van der Waals surface area contributed by atoms with Crippen LogP contribution in [0, 0.1) is 11.8 Å². The van der Waals surface area contributed by atoms with Crippen molar-refractivity contribution in [2.75, 3.05) is 13.1 Å². The lowest BCUT2D eigenvalue weighted by atomic mass is 9.59. The number of imide groups is 1. The zero-order chi connectivity index (χ0) is 20.3. The number of amides is 2. The molecule has 2 heterocycles. The molecular weight excluding hydrogens is 368 g/mol. The van der Waals surface area contributed by atoms with Crippen LogP contribution in [0.5, 0.6) is 0 Å². The zero-order valence-corrected chi connectivity index (χ0v) is 17.1. The Kier molecular flexibility index (Phi) is 4.32. The van der Waals surface area contributed by atoms with Crippen LogP contribution < -0.4 is 0 Å². The summed E-state index contributed by atoms with van der Waals surface area (Å²) in [5, 5.41) is 0.624. The van der Waals surface area contributed by atoms with Crippen molar-refractivity contribution in [3.63, 3.8) is 0 Å². The molecule has 29 heavy (non-hydrogen) atoms. The van der Waals surface area contributed by atoms with E-state index in [1.807, 2.05) is 12.1 Å². The van der Waals surface area contributed by atoms with Crippen LogP contribution in [-0.2, 0) is 26.3 Å². The number of hydrogen-bond acceptors (Lipinski definition) is 5. The first-order chi connectivity index (χ1) is 13.9. The van der Waals surface area contributed by atoms with Gasteiger partial charge in [-0.2, -0.15) is 0 Å². The van der Waals surface area contributed by atoms with Crippen LogP contribution in [0.15, 0.2) is 18.2 Å². The molecule has 0 unspecified atom stereocenters. The number of hydroxylamine groups is 2. The zero-order valence-electron chi connectivity index (χ0n) is 17.1. The minimum Gasteiger partial charge on any atom is -0.325 e. The Morgan fingerprint density at radius 1 is 1.21 bits per heavy atom. The molecule has 6 nitrogen and oxygen atoms in total. The fourth-order valence-corrected chi connectivity index (χ4v) is 5.49. The largest absolute Gasteiger partial charge is 0.363 e. The predicted octanol–water partition coefficient (Wildman–Crippen LogP) is 2.84. The number of rotatable bonds is 4. The van der Waals surface area contributed by atoms with Crippen molar-refractivity contribution in [2.24, 2.45) is 11.8 Å². The van der Waals surface area contributed by atoms with Crippen molar-refractivity contribution in [1.29, 1.82) is 0 Å². The van der Waals surface area contributed by atoms with Gasteiger partial charge < -0.3 is 4.84 Å². The van der Waals surface area contributed by atoms with E-state index in [-0.39, 0.29) is 18.3 Å². The molecule has 154 valence electrons. The summed E-state index contributed by atoms with van der Waals surface area (Å²) in [7, 11) is 0. The topological polar surface area (TPSA) is 66.9 Å². The quantitative estimate of drug-likeness (QED) is 0.732. The maximum Gasteiger partial charge on any atom is 0.363 e. The van der Waals surface area contributed by atoms with Crippen LogP contribution in [0.3, 0.4) is 0 Å². The van der Waals surface area contributed by atoms with Crippen molar-refractivity contribution in [3.8, 4) is 0 Å². The van der Waals surface area contributed by atoms with Crippen LogP contribution in [0.1, 0.15) is 67.4 Å². The molecule has 2 aliphatic carbocycles. The molecule has 4 aliphatic rings. The van der Waals surface area contributed by atoms with Crippen LogP contribution in [-0.4, -0.2) is 46.9 Å². The van der Waals surface area contributed by atoms with E-state index in [9.17, 15) is 14.4 Å². The van der Waals surface area contributed by atoms with Crippen LogP contribution in [0.25, 0.3) is 0 Å². The van der Waals surface area contributed by atoms with Gasteiger partial charge in [-0.3, -0.25) is 14.5 Å². The lowest BCUT2D eigenvalue weighted by Crippen LogP contribution is -2.58. The third-order valence-corrected chi connectivity index (χ3v) is 7.73. The SMILES string of the molecule is C[C@H]1[C@@H]2Cc3ccc(C(=O)ON4C(=O)CCC4=O)cc3[C@@]1(C)CCN2CC1CC1. The van der Waals surface area contributed by atoms with E-state index < -0.39 is 17.8 Å². The fraction of sp³-hybridized carbons (Fsp3) is 0.609. The molecule has 2 saturated heterocycles. The fourth-order valence-electron chi connectivity index (χ4n) is 5.49. The highest BCUT2D eigenvalue weighted by molar-refractivity contribution is 6.02. The van der Waals surface area contributed by atoms with Crippen LogP contribution in [0.4, 0.5) is 0 Å². The second-order valence-corrected chi connectivity index (χ2v) is 9.50. The van der Waals surface area contributed by atoms with E-state index >= 15 is 0 Å². The Labute approximate surface area is 171 Å². The van der Waals surface area contributed by atoms with Crippen molar-refractivity contribution in [3.05, 3.63) is 34.9 Å². The molecule has 1 aromatic rings. The smallest absolute Gasteiger partial charge is 0.325 e. The average molecular weight is 396 g/mol. The van der Waals surface area contributed by atoms with E-state index in [4.69, 9.17) is 4.84 Å². The van der Waals surface area contributed by atoms with Gasteiger partial charge in [0.2, 0.25) is 0 Å². The van der Waals surface area contributed by atoms with E-state index in [1.54, 1.807) is 6.07 Å². The molecule has 5 rings (SSSR count). The Bertz CT molecular complexity index is 877. The highest BCUT2D eigenvalue weighted by Crippen LogP contribution is 2.49. The van der Waals surface area contributed by atoms with Gasteiger partial charge in [0.25, 0.3) is 11.8 Å². The summed E-state index contributed by atoms with van der Waals surface area (Å²) < 4.78 is 0. The molecule has 3 fully saturated rings. The summed E-state index contributed by atoms with van der Waals surface area (Å²) in [6, 6.07) is 6.30. The number of hydrogen-bond donors (Lipinski definition) is 0. The second-order valence-electron chi connectivity index (χ2n) is 9.50. The normalized spacial score (nSPS) is 31.7. The molecule has 1 aromatic carbocycles. The summed E-state index contributed by atoms with van der Waals surface area (Å²) in [5.74, 6) is -0.141. The Morgan fingerprint density at radius 3 is 2.62 bits per heavy atom. The molecule has 6 heteroatoms. The molecule has 0 spiro atoms. The van der Waals surface area contributed by atoms with Gasteiger partial charge in [0.15, 0.2) is 0 Å². The first-order valence-corrected chi connectivity index (χ1v) is 10.8. The monoisotopic (exact) mass is 396 g/mol. The standard InChI is InChI=1S/C23H28N2O4/c1-14-19-12-16-5-6-17(22(28)29-25-20(26)7-8-21(25)27)11-18(16)23(14,2)9-10-24(19)13-15-3-4-15/h5-6,11,14-15,19H,3-4,7-10,12-13H2,1-2H3/t14-,19-,23-/m0/s1. The van der Waals surface area contributed by atoms with Gasteiger partial charge in [0.1, 0.15) is 0 Å². The maximum atomic E-state index is 12.6. The van der Waals surface area contributed by atoms with Gasteiger partial charge >= 0.3 is 5.97 Å². The summed E-state index contributed by atoms with van der Waals surface area (Å²) >= 11 is 0. The molecule has 2 bridgehead atoms. The summed E-state index contributed by atoms with van der Waals surface area (Å²) in [6.45, 7) is 6.99. The Morgan fingerprint density at radius 2 is 1.93 bits per heavy atom. The second kappa shape index (κ2) is 6.66. The van der Waals surface area contributed by atoms with Gasteiger partial charge in [-0.15, -0.1) is 5.06 Å². The molecule has 3 atom stereocenters. The third-order valence-electron chi connectivity index (χ3n) is 7.73. The van der Waals surface area contributed by atoms with E-state index in [0.29, 0.717) is 22.6 Å². The third kappa shape index (κ3) is 3.08. The maximum absolute atomic E-state index is 12.6. The first kappa shape index (κ1) is 18.8. The van der Waals surface area contributed by atoms with Gasteiger partial charge in [0, 0.05) is 25.4 Å². The summed E-state index contributed by atoms with van der Waals surface area (Å²) in [4.78, 5) is 44.0. The first-order valence-electron chi connectivity index (χ1n) is 10.8. The molecular formula is C23H28N2O4. The minimum absolute atomic E-state index is 0.0217. The van der Waals surface area contributed by atoms with Crippen LogP contribution in [0.2, 0.25) is 0 Å². The number of benzene rings is 1.